The lowest BCUT2D eigenvalue weighted by Crippen LogP contribution is -2.20. The van der Waals surface area contributed by atoms with Crippen LogP contribution in [0.2, 0.25) is 0 Å². The molecular formula is C24H22N4O2. The molecular weight excluding hydrogens is 376 g/mol. The van der Waals surface area contributed by atoms with Crippen molar-refractivity contribution in [1.29, 1.82) is 0 Å². The van der Waals surface area contributed by atoms with E-state index in [0.717, 1.165) is 29.0 Å². The van der Waals surface area contributed by atoms with E-state index in [0.29, 0.717) is 11.7 Å². The smallest absolute Gasteiger partial charge is 0.324 e. The highest BCUT2D eigenvalue weighted by atomic mass is 16.3. The summed E-state index contributed by atoms with van der Waals surface area (Å²) < 4.78 is 5.61. The Morgan fingerprint density at radius 2 is 2.00 bits per heavy atom. The van der Waals surface area contributed by atoms with Crippen LogP contribution in [0.25, 0.3) is 5.57 Å². The normalized spacial score (nSPS) is 21.9. The highest BCUT2D eigenvalue weighted by Crippen LogP contribution is 2.63. The van der Waals surface area contributed by atoms with E-state index in [1.165, 1.54) is 17.5 Å². The molecule has 1 fully saturated rings. The summed E-state index contributed by atoms with van der Waals surface area (Å²) in [5.41, 5.74) is 5.32. The summed E-state index contributed by atoms with van der Waals surface area (Å²) in [4.78, 5) is 20.6. The number of hydrogen-bond donors (Lipinski definition) is 2. The minimum Gasteiger partial charge on any atom is -0.448 e. The Morgan fingerprint density at radius 3 is 2.73 bits per heavy atom. The molecule has 2 aromatic heterocycles. The Hall–Kier alpha value is -3.67. The predicted octanol–water partition coefficient (Wildman–Crippen LogP) is 5.32. The molecule has 5 rings (SSSR count). The number of carbonyl (C=O) groups is 1. The van der Waals surface area contributed by atoms with Crippen LogP contribution in [0.3, 0.4) is 0 Å². The van der Waals surface area contributed by atoms with Crippen LogP contribution >= 0.6 is 0 Å². The second-order valence-corrected chi connectivity index (χ2v) is 7.92. The fourth-order valence-electron chi connectivity index (χ4n) is 4.31. The molecule has 6 nitrogen and oxygen atoms in total. The lowest BCUT2D eigenvalue weighted by atomic mass is 9.85. The minimum absolute atomic E-state index is 0.0668. The molecule has 0 bridgehead atoms. The van der Waals surface area contributed by atoms with Crippen molar-refractivity contribution in [2.24, 2.45) is 5.92 Å². The first-order valence-electron chi connectivity index (χ1n) is 9.96. The number of nitrogens with one attached hydrogen (secondary N) is 2. The lowest BCUT2D eigenvalue weighted by Gasteiger charge is -2.19. The highest BCUT2D eigenvalue weighted by molar-refractivity contribution is 5.99. The average Bonchev–Trinajstić information content (AvgIpc) is 3.21. The molecule has 0 radical (unpaired) electrons. The lowest BCUT2D eigenvalue weighted by molar-refractivity contribution is 0.262. The summed E-state index contributed by atoms with van der Waals surface area (Å²) in [6.07, 6.45) is 10.4. The first kappa shape index (κ1) is 18.4. The van der Waals surface area contributed by atoms with Gasteiger partial charge in [-0.15, -0.1) is 0 Å². The number of rotatable bonds is 4. The molecule has 1 aromatic carbocycles. The maximum absolute atomic E-state index is 12.3. The predicted molar refractivity (Wildman–Crippen MR) is 116 cm³/mol. The number of allylic oxidation sites excluding steroid dienone is 4. The van der Waals surface area contributed by atoms with Crippen LogP contribution in [0.5, 0.6) is 0 Å². The standard InChI is InChI=1S/C24H22N4O2/c1-15-9-10-24(20-13-25-14-30-20)12-19(24)21(15)17-5-7-18(8-6-17)27-23(29)28-22-16(2)4-3-11-26-22/h3-11,13-14,19H,12H2,1-2H3,(H2,26,27,28,29). The van der Waals surface area contributed by atoms with E-state index < -0.39 is 0 Å². The van der Waals surface area contributed by atoms with Gasteiger partial charge in [0.05, 0.1) is 11.6 Å². The number of amides is 2. The molecule has 0 aliphatic heterocycles. The van der Waals surface area contributed by atoms with Crippen LogP contribution < -0.4 is 10.6 Å². The quantitative estimate of drug-likeness (QED) is 0.623. The van der Waals surface area contributed by atoms with Crippen LogP contribution in [0.15, 0.2) is 77.3 Å². The van der Waals surface area contributed by atoms with Gasteiger partial charge >= 0.3 is 6.03 Å². The van der Waals surface area contributed by atoms with Crippen molar-refractivity contribution in [2.75, 3.05) is 10.6 Å². The van der Waals surface area contributed by atoms with E-state index in [2.05, 4.69) is 51.8 Å². The number of aryl methyl sites for hydroxylation is 1. The Labute approximate surface area is 174 Å². The summed E-state index contributed by atoms with van der Waals surface area (Å²) in [7, 11) is 0. The number of pyridine rings is 1. The number of carbonyl (C=O) groups excluding carboxylic acids is 1. The third-order valence-electron chi connectivity index (χ3n) is 5.99. The minimum atomic E-state index is -0.313. The van der Waals surface area contributed by atoms with Gasteiger partial charge in [-0.3, -0.25) is 5.32 Å². The van der Waals surface area contributed by atoms with Crippen molar-refractivity contribution >= 4 is 23.1 Å². The van der Waals surface area contributed by atoms with E-state index in [4.69, 9.17) is 4.42 Å². The van der Waals surface area contributed by atoms with Crippen molar-refractivity contribution in [1.82, 2.24) is 9.97 Å². The molecule has 2 aliphatic rings. The van der Waals surface area contributed by atoms with Gasteiger partial charge in [-0.2, -0.15) is 0 Å². The molecule has 0 spiro atoms. The molecule has 3 aromatic rings. The summed E-state index contributed by atoms with van der Waals surface area (Å²) in [5, 5.41) is 5.65. The van der Waals surface area contributed by atoms with Gasteiger partial charge in [0.15, 0.2) is 6.39 Å². The zero-order valence-corrected chi connectivity index (χ0v) is 16.8. The number of anilines is 2. The number of hydrogen-bond acceptors (Lipinski definition) is 4. The van der Waals surface area contributed by atoms with E-state index >= 15 is 0 Å². The zero-order valence-electron chi connectivity index (χ0n) is 16.8. The maximum Gasteiger partial charge on any atom is 0.324 e. The molecule has 2 heterocycles. The monoisotopic (exact) mass is 398 g/mol. The third kappa shape index (κ3) is 3.10. The van der Waals surface area contributed by atoms with Crippen molar-refractivity contribution < 1.29 is 9.21 Å². The van der Waals surface area contributed by atoms with Gasteiger partial charge in [0.25, 0.3) is 0 Å². The average molecular weight is 398 g/mol. The first-order chi connectivity index (χ1) is 14.6. The Kier molecular flexibility index (Phi) is 4.28. The van der Waals surface area contributed by atoms with Gasteiger partial charge in [-0.05, 0) is 60.7 Å². The van der Waals surface area contributed by atoms with Crippen LogP contribution in [-0.2, 0) is 5.41 Å². The van der Waals surface area contributed by atoms with Crippen LogP contribution in [0.1, 0.15) is 30.2 Å². The summed E-state index contributed by atoms with van der Waals surface area (Å²) in [6, 6.07) is 11.4. The van der Waals surface area contributed by atoms with Gasteiger partial charge in [0.2, 0.25) is 0 Å². The largest absolute Gasteiger partial charge is 0.448 e. The molecule has 30 heavy (non-hydrogen) atoms. The van der Waals surface area contributed by atoms with Gasteiger partial charge in [0.1, 0.15) is 11.6 Å². The zero-order chi connectivity index (χ0) is 20.7. The Bertz CT molecular complexity index is 1160. The van der Waals surface area contributed by atoms with E-state index in [9.17, 15) is 4.79 Å². The van der Waals surface area contributed by atoms with Gasteiger partial charge in [-0.25, -0.2) is 14.8 Å². The molecule has 1 saturated carbocycles. The van der Waals surface area contributed by atoms with Crippen LogP contribution in [0.4, 0.5) is 16.3 Å². The third-order valence-corrected chi connectivity index (χ3v) is 5.99. The fraction of sp³-hybridized carbons (Fsp3) is 0.208. The fourth-order valence-corrected chi connectivity index (χ4v) is 4.31. The van der Waals surface area contributed by atoms with Crippen LogP contribution in [0, 0.1) is 12.8 Å². The van der Waals surface area contributed by atoms with Gasteiger partial charge in [0, 0.05) is 17.8 Å². The van der Waals surface area contributed by atoms with Gasteiger partial charge in [-0.1, -0.05) is 30.4 Å². The van der Waals surface area contributed by atoms with Crippen molar-refractivity contribution in [3.63, 3.8) is 0 Å². The molecule has 2 atom stereocenters. The summed E-state index contributed by atoms with van der Waals surface area (Å²) >= 11 is 0. The first-order valence-corrected chi connectivity index (χ1v) is 9.96. The van der Waals surface area contributed by atoms with E-state index in [1.54, 1.807) is 6.20 Å². The summed E-state index contributed by atoms with van der Waals surface area (Å²) in [6.45, 7) is 4.05. The molecule has 0 saturated heterocycles. The second kappa shape index (κ2) is 6.99. The Morgan fingerprint density at radius 1 is 1.17 bits per heavy atom. The number of urea groups is 1. The van der Waals surface area contributed by atoms with Crippen molar-refractivity contribution in [3.8, 4) is 0 Å². The molecule has 6 heteroatoms. The molecule has 150 valence electrons. The van der Waals surface area contributed by atoms with Crippen molar-refractivity contribution in [3.05, 3.63) is 89.8 Å². The molecule has 2 unspecified atom stereocenters. The summed E-state index contributed by atoms with van der Waals surface area (Å²) in [5.74, 6) is 1.87. The number of benzene rings is 1. The molecule has 2 amide bonds. The van der Waals surface area contributed by atoms with E-state index in [-0.39, 0.29) is 11.4 Å². The second-order valence-electron chi connectivity index (χ2n) is 7.92. The molecule has 2 N–H and O–H groups in total. The van der Waals surface area contributed by atoms with E-state index in [1.807, 2.05) is 37.4 Å². The van der Waals surface area contributed by atoms with Gasteiger partial charge < -0.3 is 9.73 Å². The van der Waals surface area contributed by atoms with Crippen LogP contribution in [-0.4, -0.2) is 16.0 Å². The number of nitrogens with zero attached hydrogens (tertiary/aromatic N) is 2. The topological polar surface area (TPSA) is 80.0 Å². The molecule has 2 aliphatic carbocycles. The maximum atomic E-state index is 12.3. The Balaban J connectivity index is 1.31. The highest BCUT2D eigenvalue weighted by Gasteiger charge is 2.59. The SMILES string of the molecule is CC1=C(c2ccc(NC(=O)Nc3ncccc3C)cc2)C2CC2(c2cnco2)C=C1. The van der Waals surface area contributed by atoms with Crippen molar-refractivity contribution in [2.45, 2.75) is 25.7 Å². The number of fused-ring (bicyclic) bond motifs is 1. The number of aromatic nitrogens is 2. The number of oxazole rings is 1.